The van der Waals surface area contributed by atoms with Crippen molar-refractivity contribution >= 4 is 31.9 Å². The van der Waals surface area contributed by atoms with E-state index in [0.717, 1.165) is 4.60 Å². The van der Waals surface area contributed by atoms with Crippen molar-refractivity contribution in [3.63, 3.8) is 0 Å². The van der Waals surface area contributed by atoms with Crippen molar-refractivity contribution < 1.29 is 9.47 Å². The third kappa shape index (κ3) is 2.07. The van der Waals surface area contributed by atoms with Gasteiger partial charge in [-0.1, -0.05) is 0 Å². The van der Waals surface area contributed by atoms with Crippen molar-refractivity contribution in [2.45, 2.75) is 6.29 Å². The third-order valence-corrected chi connectivity index (χ3v) is 2.97. The fraction of sp³-hybridized carbons (Fsp3) is 0.500. The van der Waals surface area contributed by atoms with Crippen molar-refractivity contribution in [1.29, 1.82) is 0 Å². The molecule has 0 aliphatic rings. The normalized spacial score (nSPS) is 11.1. The van der Waals surface area contributed by atoms with Crippen LogP contribution < -0.4 is 0 Å². The smallest absolute Gasteiger partial charge is 0.216 e. The SMILES string of the molecule is COC(OC)c1nc(Br)c(Br)[nH]1. The molecule has 1 aromatic rings. The number of ether oxygens (including phenoxy) is 2. The predicted octanol–water partition coefficient (Wildman–Crippen LogP) is 2.23. The molecular weight excluding hydrogens is 292 g/mol. The van der Waals surface area contributed by atoms with Gasteiger partial charge in [-0.2, -0.15) is 0 Å². The van der Waals surface area contributed by atoms with Gasteiger partial charge in [0, 0.05) is 14.2 Å². The molecule has 68 valence electrons. The van der Waals surface area contributed by atoms with E-state index in [-0.39, 0.29) is 0 Å². The van der Waals surface area contributed by atoms with Gasteiger partial charge in [-0.3, -0.25) is 0 Å². The van der Waals surface area contributed by atoms with Gasteiger partial charge in [0.25, 0.3) is 0 Å². The number of imidazole rings is 1. The Labute approximate surface area is 86.9 Å². The summed E-state index contributed by atoms with van der Waals surface area (Å²) in [5, 5.41) is 0. The molecule has 1 aromatic heterocycles. The van der Waals surface area contributed by atoms with E-state index in [1.54, 1.807) is 14.2 Å². The van der Waals surface area contributed by atoms with Crippen LogP contribution in [0.1, 0.15) is 12.1 Å². The van der Waals surface area contributed by atoms with Crippen LogP contribution in [-0.4, -0.2) is 24.2 Å². The lowest BCUT2D eigenvalue weighted by Gasteiger charge is -2.08. The van der Waals surface area contributed by atoms with Crippen LogP contribution in [0.25, 0.3) is 0 Å². The first-order valence-corrected chi connectivity index (χ1v) is 4.74. The largest absolute Gasteiger partial charge is 0.349 e. The fourth-order valence-corrected chi connectivity index (χ4v) is 1.36. The zero-order valence-corrected chi connectivity index (χ0v) is 9.77. The van der Waals surface area contributed by atoms with Crippen LogP contribution in [0.4, 0.5) is 0 Å². The summed E-state index contributed by atoms with van der Waals surface area (Å²) < 4.78 is 11.5. The van der Waals surface area contributed by atoms with Crippen LogP contribution in [0.15, 0.2) is 9.21 Å². The first-order valence-electron chi connectivity index (χ1n) is 3.15. The van der Waals surface area contributed by atoms with Gasteiger partial charge in [0.15, 0.2) is 5.82 Å². The van der Waals surface area contributed by atoms with Crippen LogP contribution in [0.5, 0.6) is 0 Å². The number of aromatic nitrogens is 2. The van der Waals surface area contributed by atoms with Gasteiger partial charge in [-0.15, -0.1) is 0 Å². The molecule has 0 spiro atoms. The number of methoxy groups -OCH3 is 2. The van der Waals surface area contributed by atoms with Gasteiger partial charge in [-0.05, 0) is 31.9 Å². The van der Waals surface area contributed by atoms with E-state index in [1.165, 1.54) is 0 Å². The highest BCUT2D eigenvalue weighted by Gasteiger charge is 2.14. The predicted molar refractivity (Wildman–Crippen MR) is 50.7 cm³/mol. The van der Waals surface area contributed by atoms with Crippen LogP contribution in [0.3, 0.4) is 0 Å². The quantitative estimate of drug-likeness (QED) is 0.871. The highest BCUT2D eigenvalue weighted by Crippen LogP contribution is 2.23. The molecular formula is C6H8Br2N2O2. The number of hydrogen-bond acceptors (Lipinski definition) is 3. The fourth-order valence-electron chi connectivity index (χ4n) is 0.778. The average molecular weight is 300 g/mol. The first kappa shape index (κ1) is 10.2. The Kier molecular flexibility index (Phi) is 3.70. The molecule has 0 unspecified atom stereocenters. The van der Waals surface area contributed by atoms with Gasteiger partial charge in [0.2, 0.25) is 6.29 Å². The Morgan fingerprint density at radius 2 is 1.92 bits per heavy atom. The molecule has 0 radical (unpaired) electrons. The Morgan fingerprint density at radius 1 is 1.33 bits per heavy atom. The molecule has 1 heterocycles. The van der Waals surface area contributed by atoms with Crippen LogP contribution in [0, 0.1) is 0 Å². The summed E-state index contributed by atoms with van der Waals surface area (Å²) in [6, 6.07) is 0. The standard InChI is InChI=1S/C6H8Br2N2O2/c1-11-6(12-2)5-9-3(7)4(8)10-5/h6H,1-2H3,(H,9,10). The summed E-state index contributed by atoms with van der Waals surface area (Å²) in [6.07, 6.45) is -0.451. The summed E-state index contributed by atoms with van der Waals surface area (Å²) in [4.78, 5) is 7.07. The molecule has 0 aliphatic heterocycles. The van der Waals surface area contributed by atoms with Gasteiger partial charge in [0.1, 0.15) is 9.21 Å². The summed E-state index contributed by atoms with van der Waals surface area (Å²) in [7, 11) is 3.11. The lowest BCUT2D eigenvalue weighted by molar-refractivity contribution is -0.111. The van der Waals surface area contributed by atoms with E-state index in [2.05, 4.69) is 41.8 Å². The molecule has 1 rings (SSSR count). The highest BCUT2D eigenvalue weighted by molar-refractivity contribution is 9.13. The summed E-state index contributed by atoms with van der Waals surface area (Å²) in [5.41, 5.74) is 0. The number of rotatable bonds is 3. The molecule has 0 fully saturated rings. The maximum atomic E-state index is 5.00. The summed E-state index contributed by atoms with van der Waals surface area (Å²) in [6.45, 7) is 0. The Morgan fingerprint density at radius 3 is 2.25 bits per heavy atom. The highest BCUT2D eigenvalue weighted by atomic mass is 79.9. The maximum absolute atomic E-state index is 5.00. The number of aromatic amines is 1. The van der Waals surface area contributed by atoms with Crippen molar-refractivity contribution in [2.75, 3.05) is 14.2 Å². The molecule has 0 aliphatic carbocycles. The number of nitrogens with zero attached hydrogens (tertiary/aromatic N) is 1. The summed E-state index contributed by atoms with van der Waals surface area (Å²) in [5.74, 6) is 0.624. The van der Waals surface area contributed by atoms with Crippen molar-refractivity contribution in [3.05, 3.63) is 15.0 Å². The van der Waals surface area contributed by atoms with Gasteiger partial charge in [0.05, 0.1) is 0 Å². The minimum Gasteiger partial charge on any atom is -0.349 e. The van der Waals surface area contributed by atoms with Gasteiger partial charge < -0.3 is 14.5 Å². The van der Waals surface area contributed by atoms with E-state index >= 15 is 0 Å². The van der Waals surface area contributed by atoms with E-state index in [4.69, 9.17) is 9.47 Å². The molecule has 0 bridgehead atoms. The molecule has 6 heteroatoms. The van der Waals surface area contributed by atoms with Crippen LogP contribution in [0.2, 0.25) is 0 Å². The lowest BCUT2D eigenvalue weighted by Crippen LogP contribution is -2.05. The van der Waals surface area contributed by atoms with Crippen molar-refractivity contribution in [2.24, 2.45) is 0 Å². The van der Waals surface area contributed by atoms with Gasteiger partial charge >= 0.3 is 0 Å². The molecule has 4 nitrogen and oxygen atoms in total. The Bertz CT molecular complexity index is 241. The van der Waals surface area contributed by atoms with E-state index in [9.17, 15) is 0 Å². The zero-order valence-electron chi connectivity index (χ0n) is 6.60. The number of hydrogen-bond donors (Lipinski definition) is 1. The van der Waals surface area contributed by atoms with Crippen LogP contribution >= 0.6 is 31.9 Å². The van der Waals surface area contributed by atoms with Gasteiger partial charge in [-0.25, -0.2) is 4.98 Å². The molecule has 0 atom stereocenters. The molecule has 12 heavy (non-hydrogen) atoms. The Hall–Kier alpha value is 0.0900. The Balaban J connectivity index is 2.86. The van der Waals surface area contributed by atoms with Crippen molar-refractivity contribution in [1.82, 2.24) is 9.97 Å². The molecule has 0 amide bonds. The monoisotopic (exact) mass is 298 g/mol. The molecule has 0 saturated carbocycles. The van der Waals surface area contributed by atoms with E-state index in [1.807, 2.05) is 0 Å². The maximum Gasteiger partial charge on any atom is 0.216 e. The molecule has 0 saturated heterocycles. The van der Waals surface area contributed by atoms with Crippen molar-refractivity contribution in [3.8, 4) is 0 Å². The van der Waals surface area contributed by atoms with Crippen LogP contribution in [-0.2, 0) is 9.47 Å². The zero-order chi connectivity index (χ0) is 9.14. The second-order valence-electron chi connectivity index (χ2n) is 2.03. The minimum absolute atomic E-state index is 0.451. The molecule has 0 aromatic carbocycles. The first-order chi connectivity index (χ1) is 5.69. The van der Waals surface area contributed by atoms with E-state index in [0.29, 0.717) is 10.4 Å². The van der Waals surface area contributed by atoms with E-state index < -0.39 is 6.29 Å². The lowest BCUT2D eigenvalue weighted by atomic mass is 10.6. The molecule has 1 N–H and O–H groups in total. The number of nitrogens with one attached hydrogen (secondary N) is 1. The average Bonchev–Trinajstić information content (AvgIpc) is 2.35. The second kappa shape index (κ2) is 4.36. The number of H-pyrrole nitrogens is 1. The number of halogens is 2. The summed E-state index contributed by atoms with van der Waals surface area (Å²) >= 11 is 6.51. The second-order valence-corrected chi connectivity index (χ2v) is 3.57. The third-order valence-electron chi connectivity index (χ3n) is 1.29. The minimum atomic E-state index is -0.451. The topological polar surface area (TPSA) is 47.1 Å².